The second kappa shape index (κ2) is 7.22. The number of amides is 2. The van der Waals surface area contributed by atoms with Crippen LogP contribution in [0.5, 0.6) is 0 Å². The molecule has 2 amide bonds. The van der Waals surface area contributed by atoms with Crippen molar-refractivity contribution in [3.05, 3.63) is 34.3 Å². The summed E-state index contributed by atoms with van der Waals surface area (Å²) in [6.45, 7) is 6.91. The molecule has 0 unspecified atom stereocenters. The fourth-order valence-corrected chi connectivity index (χ4v) is 3.79. The third kappa shape index (κ3) is 4.40. The molecule has 0 bridgehead atoms. The molecule has 1 aliphatic carbocycles. The number of ether oxygens (including phenoxy) is 1. The van der Waals surface area contributed by atoms with Crippen LogP contribution in [0.4, 0.5) is 4.79 Å². The normalized spacial score (nSPS) is 19.8. The molecule has 1 saturated heterocycles. The second-order valence-electron chi connectivity index (χ2n) is 8.30. The first-order valence-electron chi connectivity index (χ1n) is 9.25. The number of alkyl carbamates (subject to hydrolysis) is 1. The molecule has 1 heterocycles. The Bertz CT molecular complexity index is 669. The van der Waals surface area contributed by atoms with E-state index in [4.69, 9.17) is 4.74 Å². The van der Waals surface area contributed by atoms with Crippen molar-refractivity contribution in [1.82, 2.24) is 10.2 Å². The number of carbonyl (C=O) groups excluding carboxylic acids is 2. The predicted molar refractivity (Wildman–Crippen MR) is 104 cm³/mol. The van der Waals surface area contributed by atoms with Crippen molar-refractivity contribution >= 4 is 27.9 Å². The maximum absolute atomic E-state index is 13.1. The molecule has 1 saturated carbocycles. The SMILES string of the molecule is CC(C)(C)OC(=O)NC1CCN(C(=O)C2(c3ccc(Br)cc3)CC2)CC1. The van der Waals surface area contributed by atoms with Crippen molar-refractivity contribution in [2.45, 2.75) is 63.5 Å². The van der Waals surface area contributed by atoms with Gasteiger partial charge in [-0.3, -0.25) is 4.79 Å². The minimum atomic E-state index is -0.496. The zero-order valence-electron chi connectivity index (χ0n) is 15.7. The summed E-state index contributed by atoms with van der Waals surface area (Å²) < 4.78 is 6.34. The number of likely N-dealkylation sites (tertiary alicyclic amines) is 1. The van der Waals surface area contributed by atoms with Crippen LogP contribution in [0.1, 0.15) is 52.0 Å². The Hall–Kier alpha value is -1.56. The van der Waals surface area contributed by atoms with Crippen LogP contribution in [-0.4, -0.2) is 41.6 Å². The Kier molecular flexibility index (Phi) is 5.33. The summed E-state index contributed by atoms with van der Waals surface area (Å²) in [4.78, 5) is 27.0. The van der Waals surface area contributed by atoms with Crippen molar-refractivity contribution in [3.63, 3.8) is 0 Å². The Morgan fingerprint density at radius 3 is 2.23 bits per heavy atom. The summed E-state index contributed by atoms with van der Waals surface area (Å²) in [5.41, 5.74) is 0.287. The lowest BCUT2D eigenvalue weighted by Crippen LogP contribution is -2.49. The molecular formula is C20H27BrN2O3. The molecule has 0 aromatic heterocycles. The third-order valence-electron chi connectivity index (χ3n) is 5.06. The van der Waals surface area contributed by atoms with E-state index in [0.717, 1.165) is 35.7 Å². The first kappa shape index (κ1) is 19.2. The van der Waals surface area contributed by atoms with E-state index < -0.39 is 5.60 Å². The van der Waals surface area contributed by atoms with Crippen LogP contribution in [0.15, 0.2) is 28.7 Å². The number of rotatable bonds is 3. The van der Waals surface area contributed by atoms with Gasteiger partial charge in [0, 0.05) is 23.6 Å². The third-order valence-corrected chi connectivity index (χ3v) is 5.59. The molecule has 1 aromatic rings. The van der Waals surface area contributed by atoms with E-state index in [9.17, 15) is 9.59 Å². The van der Waals surface area contributed by atoms with Crippen molar-refractivity contribution in [2.24, 2.45) is 0 Å². The molecule has 0 radical (unpaired) electrons. The quantitative estimate of drug-likeness (QED) is 0.800. The second-order valence-corrected chi connectivity index (χ2v) is 9.22. The molecule has 2 aliphatic rings. The largest absolute Gasteiger partial charge is 0.444 e. The number of piperidine rings is 1. The van der Waals surface area contributed by atoms with Gasteiger partial charge in [-0.05, 0) is 64.2 Å². The summed E-state index contributed by atoms with van der Waals surface area (Å²) >= 11 is 3.45. The van der Waals surface area contributed by atoms with Gasteiger partial charge in [-0.1, -0.05) is 28.1 Å². The number of halogens is 1. The zero-order chi connectivity index (χ0) is 18.9. The van der Waals surface area contributed by atoms with Crippen LogP contribution in [0, 0.1) is 0 Å². The molecule has 142 valence electrons. The van der Waals surface area contributed by atoms with E-state index in [2.05, 4.69) is 21.2 Å². The maximum Gasteiger partial charge on any atom is 0.407 e. The number of hydrogen-bond acceptors (Lipinski definition) is 3. The predicted octanol–water partition coefficient (Wildman–Crippen LogP) is 4.00. The van der Waals surface area contributed by atoms with Gasteiger partial charge in [0.2, 0.25) is 5.91 Å². The average Bonchev–Trinajstić information content (AvgIpc) is 3.35. The highest BCUT2D eigenvalue weighted by atomic mass is 79.9. The highest BCUT2D eigenvalue weighted by Crippen LogP contribution is 2.50. The van der Waals surface area contributed by atoms with Crippen LogP contribution >= 0.6 is 15.9 Å². The minimum Gasteiger partial charge on any atom is -0.444 e. The lowest BCUT2D eigenvalue weighted by Gasteiger charge is -2.35. The number of carbonyl (C=O) groups is 2. The summed E-state index contributed by atoms with van der Waals surface area (Å²) in [6.07, 6.45) is 2.99. The van der Waals surface area contributed by atoms with Crippen LogP contribution in [-0.2, 0) is 14.9 Å². The monoisotopic (exact) mass is 422 g/mol. The molecule has 0 spiro atoms. The van der Waals surface area contributed by atoms with Gasteiger partial charge in [0.25, 0.3) is 0 Å². The summed E-state index contributed by atoms with van der Waals surface area (Å²) in [7, 11) is 0. The topological polar surface area (TPSA) is 58.6 Å². The minimum absolute atomic E-state index is 0.0664. The van der Waals surface area contributed by atoms with Crippen molar-refractivity contribution in [3.8, 4) is 0 Å². The van der Waals surface area contributed by atoms with Gasteiger partial charge < -0.3 is 15.0 Å². The molecule has 26 heavy (non-hydrogen) atoms. The number of hydrogen-bond donors (Lipinski definition) is 1. The summed E-state index contributed by atoms with van der Waals surface area (Å²) in [5.74, 6) is 0.232. The lowest BCUT2D eigenvalue weighted by molar-refractivity contribution is -0.135. The molecule has 5 nitrogen and oxygen atoms in total. The lowest BCUT2D eigenvalue weighted by atomic mass is 9.93. The van der Waals surface area contributed by atoms with Gasteiger partial charge in [-0.2, -0.15) is 0 Å². The Labute approximate surface area is 163 Å². The van der Waals surface area contributed by atoms with Gasteiger partial charge in [-0.25, -0.2) is 4.79 Å². The highest BCUT2D eigenvalue weighted by Gasteiger charge is 2.53. The van der Waals surface area contributed by atoms with E-state index >= 15 is 0 Å². The Morgan fingerprint density at radius 2 is 1.73 bits per heavy atom. The molecule has 1 N–H and O–H groups in total. The zero-order valence-corrected chi connectivity index (χ0v) is 17.3. The standard InChI is InChI=1S/C20H27BrN2O3/c1-19(2,3)26-18(25)22-16-8-12-23(13-9-16)17(24)20(10-11-20)14-4-6-15(21)7-5-14/h4-7,16H,8-13H2,1-3H3,(H,22,25). The van der Waals surface area contributed by atoms with Gasteiger partial charge in [0.1, 0.15) is 5.60 Å². The first-order chi connectivity index (χ1) is 12.2. The fourth-order valence-electron chi connectivity index (χ4n) is 3.52. The first-order valence-corrected chi connectivity index (χ1v) is 10.0. The molecule has 3 rings (SSSR count). The highest BCUT2D eigenvalue weighted by molar-refractivity contribution is 9.10. The van der Waals surface area contributed by atoms with Crippen molar-refractivity contribution < 1.29 is 14.3 Å². The number of nitrogens with one attached hydrogen (secondary N) is 1. The summed E-state index contributed by atoms with van der Waals surface area (Å²) in [6, 6.07) is 8.16. The Morgan fingerprint density at radius 1 is 1.15 bits per heavy atom. The number of nitrogens with zero attached hydrogens (tertiary/aromatic N) is 1. The molecular weight excluding hydrogens is 396 g/mol. The van der Waals surface area contributed by atoms with Crippen LogP contribution < -0.4 is 5.32 Å². The van der Waals surface area contributed by atoms with Crippen LogP contribution in [0.2, 0.25) is 0 Å². The van der Waals surface area contributed by atoms with E-state index in [1.54, 1.807) is 0 Å². The molecule has 6 heteroatoms. The average molecular weight is 423 g/mol. The van der Waals surface area contributed by atoms with Crippen molar-refractivity contribution in [2.75, 3.05) is 13.1 Å². The fraction of sp³-hybridized carbons (Fsp3) is 0.600. The van der Waals surface area contributed by atoms with E-state index in [0.29, 0.717) is 13.1 Å². The Balaban J connectivity index is 1.54. The van der Waals surface area contributed by atoms with Gasteiger partial charge >= 0.3 is 6.09 Å². The van der Waals surface area contributed by atoms with Gasteiger partial charge in [0.05, 0.1) is 5.41 Å². The van der Waals surface area contributed by atoms with E-state index in [1.165, 1.54) is 0 Å². The molecule has 0 atom stereocenters. The molecule has 1 aromatic carbocycles. The smallest absolute Gasteiger partial charge is 0.407 e. The summed E-state index contributed by atoms with van der Waals surface area (Å²) in [5, 5.41) is 2.92. The van der Waals surface area contributed by atoms with E-state index in [-0.39, 0.29) is 23.5 Å². The van der Waals surface area contributed by atoms with Gasteiger partial charge in [-0.15, -0.1) is 0 Å². The number of benzene rings is 1. The maximum atomic E-state index is 13.1. The van der Waals surface area contributed by atoms with Crippen LogP contribution in [0.3, 0.4) is 0 Å². The van der Waals surface area contributed by atoms with Crippen LogP contribution in [0.25, 0.3) is 0 Å². The van der Waals surface area contributed by atoms with E-state index in [1.807, 2.05) is 49.9 Å². The molecule has 2 fully saturated rings. The molecule has 1 aliphatic heterocycles. The van der Waals surface area contributed by atoms with Crippen molar-refractivity contribution in [1.29, 1.82) is 0 Å². The van der Waals surface area contributed by atoms with Gasteiger partial charge in [0.15, 0.2) is 0 Å².